The second kappa shape index (κ2) is 7.55. The SMILES string of the molecule is CCOCc1cc(/C=C(\C)c2cnccn2)ccc1OC. The van der Waals surface area contributed by atoms with E-state index in [1.54, 1.807) is 25.7 Å². The number of allylic oxidation sites excluding steroid dienone is 1. The van der Waals surface area contributed by atoms with E-state index >= 15 is 0 Å². The summed E-state index contributed by atoms with van der Waals surface area (Å²) >= 11 is 0. The fourth-order valence-electron chi connectivity index (χ4n) is 2.04. The minimum Gasteiger partial charge on any atom is -0.496 e. The van der Waals surface area contributed by atoms with Crippen LogP contribution in [0.1, 0.15) is 30.7 Å². The molecule has 1 heterocycles. The Bertz CT molecular complexity index is 609. The maximum Gasteiger partial charge on any atom is 0.124 e. The zero-order valence-corrected chi connectivity index (χ0v) is 12.7. The highest BCUT2D eigenvalue weighted by atomic mass is 16.5. The molecule has 1 aromatic carbocycles. The van der Waals surface area contributed by atoms with E-state index in [2.05, 4.69) is 22.1 Å². The summed E-state index contributed by atoms with van der Waals surface area (Å²) in [6.45, 7) is 5.23. The Labute approximate surface area is 125 Å². The quantitative estimate of drug-likeness (QED) is 0.813. The van der Waals surface area contributed by atoms with Gasteiger partial charge in [0.15, 0.2) is 0 Å². The van der Waals surface area contributed by atoms with Gasteiger partial charge in [-0.25, -0.2) is 0 Å². The molecule has 4 heteroatoms. The van der Waals surface area contributed by atoms with Gasteiger partial charge in [0.1, 0.15) is 5.75 Å². The molecule has 0 spiro atoms. The Morgan fingerprint density at radius 1 is 1.29 bits per heavy atom. The molecule has 0 saturated heterocycles. The van der Waals surface area contributed by atoms with Gasteiger partial charge >= 0.3 is 0 Å². The van der Waals surface area contributed by atoms with Crippen LogP contribution in [0.15, 0.2) is 36.8 Å². The van der Waals surface area contributed by atoms with Crippen molar-refractivity contribution in [2.24, 2.45) is 0 Å². The first-order valence-corrected chi connectivity index (χ1v) is 6.94. The number of ether oxygens (including phenoxy) is 2. The van der Waals surface area contributed by atoms with Crippen LogP contribution in [-0.2, 0) is 11.3 Å². The van der Waals surface area contributed by atoms with E-state index in [1.807, 2.05) is 26.0 Å². The third-order valence-corrected chi connectivity index (χ3v) is 3.12. The van der Waals surface area contributed by atoms with Crippen molar-refractivity contribution >= 4 is 11.6 Å². The largest absolute Gasteiger partial charge is 0.496 e. The van der Waals surface area contributed by atoms with Gasteiger partial charge in [0.25, 0.3) is 0 Å². The standard InChI is InChI=1S/C17H20N2O2/c1-4-21-12-15-10-14(5-6-17(15)20-3)9-13(2)16-11-18-7-8-19-16/h5-11H,4,12H2,1-3H3/b13-9+. The molecule has 0 amide bonds. The van der Waals surface area contributed by atoms with E-state index in [9.17, 15) is 0 Å². The highest BCUT2D eigenvalue weighted by Gasteiger charge is 2.05. The molecule has 0 N–H and O–H groups in total. The van der Waals surface area contributed by atoms with Gasteiger partial charge in [-0.15, -0.1) is 0 Å². The lowest BCUT2D eigenvalue weighted by Gasteiger charge is -2.10. The van der Waals surface area contributed by atoms with Crippen molar-refractivity contribution in [2.75, 3.05) is 13.7 Å². The topological polar surface area (TPSA) is 44.2 Å². The van der Waals surface area contributed by atoms with E-state index in [-0.39, 0.29) is 0 Å². The number of rotatable bonds is 6. The Morgan fingerprint density at radius 3 is 2.81 bits per heavy atom. The molecule has 110 valence electrons. The average molecular weight is 284 g/mol. The van der Waals surface area contributed by atoms with Crippen LogP contribution in [0.5, 0.6) is 5.75 Å². The van der Waals surface area contributed by atoms with Crippen LogP contribution in [-0.4, -0.2) is 23.7 Å². The predicted molar refractivity (Wildman–Crippen MR) is 83.9 cm³/mol. The van der Waals surface area contributed by atoms with Crippen LogP contribution in [0.25, 0.3) is 11.6 Å². The zero-order valence-electron chi connectivity index (χ0n) is 12.7. The van der Waals surface area contributed by atoms with Crippen LogP contribution in [0.4, 0.5) is 0 Å². The van der Waals surface area contributed by atoms with Gasteiger partial charge in [-0.05, 0) is 43.2 Å². The summed E-state index contributed by atoms with van der Waals surface area (Å²) in [5, 5.41) is 0. The lowest BCUT2D eigenvalue weighted by Crippen LogP contribution is -1.97. The normalized spacial score (nSPS) is 11.5. The lowest BCUT2D eigenvalue weighted by molar-refractivity contribution is 0.132. The number of hydrogen-bond acceptors (Lipinski definition) is 4. The van der Waals surface area contributed by atoms with Crippen molar-refractivity contribution < 1.29 is 9.47 Å². The van der Waals surface area contributed by atoms with Crippen molar-refractivity contribution in [3.63, 3.8) is 0 Å². The summed E-state index contributed by atoms with van der Waals surface area (Å²) in [4.78, 5) is 8.39. The second-order valence-electron chi connectivity index (χ2n) is 4.63. The summed E-state index contributed by atoms with van der Waals surface area (Å²) in [6, 6.07) is 6.06. The highest BCUT2D eigenvalue weighted by Crippen LogP contribution is 2.23. The predicted octanol–water partition coefficient (Wildman–Crippen LogP) is 3.58. The van der Waals surface area contributed by atoms with Crippen molar-refractivity contribution in [3.05, 3.63) is 53.6 Å². The summed E-state index contributed by atoms with van der Waals surface area (Å²) in [5.74, 6) is 0.845. The van der Waals surface area contributed by atoms with Gasteiger partial charge in [-0.3, -0.25) is 9.97 Å². The van der Waals surface area contributed by atoms with Crippen molar-refractivity contribution in [1.82, 2.24) is 9.97 Å². The minimum atomic E-state index is 0.547. The number of aromatic nitrogens is 2. The lowest BCUT2D eigenvalue weighted by atomic mass is 10.1. The molecule has 0 unspecified atom stereocenters. The van der Waals surface area contributed by atoms with Crippen LogP contribution in [0, 0.1) is 0 Å². The third-order valence-electron chi connectivity index (χ3n) is 3.12. The molecule has 21 heavy (non-hydrogen) atoms. The molecule has 0 radical (unpaired) electrons. The molecule has 4 nitrogen and oxygen atoms in total. The molecule has 0 aliphatic rings. The summed E-state index contributed by atoms with van der Waals surface area (Å²) < 4.78 is 10.8. The Morgan fingerprint density at radius 2 is 2.14 bits per heavy atom. The second-order valence-corrected chi connectivity index (χ2v) is 4.63. The maximum absolute atomic E-state index is 5.48. The molecule has 2 aromatic rings. The minimum absolute atomic E-state index is 0.547. The van der Waals surface area contributed by atoms with E-state index in [0.717, 1.165) is 28.1 Å². The summed E-state index contributed by atoms with van der Waals surface area (Å²) in [6.07, 6.45) is 7.21. The van der Waals surface area contributed by atoms with Gasteiger partial charge in [-0.2, -0.15) is 0 Å². The Balaban J connectivity index is 2.27. The molecule has 0 aliphatic heterocycles. The van der Waals surface area contributed by atoms with Gasteiger partial charge in [0.2, 0.25) is 0 Å². The maximum atomic E-state index is 5.48. The van der Waals surface area contributed by atoms with E-state index in [0.29, 0.717) is 13.2 Å². The van der Waals surface area contributed by atoms with Crippen LogP contribution in [0.3, 0.4) is 0 Å². The van der Waals surface area contributed by atoms with Crippen molar-refractivity contribution in [3.8, 4) is 5.75 Å². The number of methoxy groups -OCH3 is 1. The third kappa shape index (κ3) is 4.13. The molecular formula is C17H20N2O2. The molecule has 0 atom stereocenters. The van der Waals surface area contributed by atoms with Gasteiger partial charge in [-0.1, -0.05) is 6.07 Å². The van der Waals surface area contributed by atoms with Crippen molar-refractivity contribution in [2.45, 2.75) is 20.5 Å². The smallest absolute Gasteiger partial charge is 0.124 e. The molecule has 0 aliphatic carbocycles. The molecule has 2 rings (SSSR count). The zero-order chi connectivity index (χ0) is 15.1. The van der Waals surface area contributed by atoms with Crippen molar-refractivity contribution in [1.29, 1.82) is 0 Å². The molecule has 0 fully saturated rings. The molecule has 1 aromatic heterocycles. The fraction of sp³-hybridized carbons (Fsp3) is 0.294. The molecule has 0 saturated carbocycles. The van der Waals surface area contributed by atoms with E-state index in [1.165, 1.54) is 0 Å². The first-order chi connectivity index (χ1) is 10.2. The summed E-state index contributed by atoms with van der Waals surface area (Å²) in [7, 11) is 1.67. The molecular weight excluding hydrogens is 264 g/mol. The first kappa shape index (κ1) is 15.2. The monoisotopic (exact) mass is 284 g/mol. The van der Waals surface area contributed by atoms with E-state index in [4.69, 9.17) is 9.47 Å². The van der Waals surface area contributed by atoms with E-state index < -0.39 is 0 Å². The van der Waals surface area contributed by atoms with Crippen LogP contribution >= 0.6 is 0 Å². The summed E-state index contributed by atoms with van der Waals surface area (Å²) in [5.41, 5.74) is 4.07. The highest BCUT2D eigenvalue weighted by molar-refractivity contribution is 5.78. The van der Waals surface area contributed by atoms with Gasteiger partial charge < -0.3 is 9.47 Å². The van der Waals surface area contributed by atoms with Crippen LogP contribution < -0.4 is 4.74 Å². The van der Waals surface area contributed by atoms with Gasteiger partial charge in [0.05, 0.1) is 25.6 Å². The Kier molecular flexibility index (Phi) is 5.46. The van der Waals surface area contributed by atoms with Crippen LogP contribution in [0.2, 0.25) is 0 Å². The Hall–Kier alpha value is -2.20. The number of benzene rings is 1. The molecule has 0 bridgehead atoms. The average Bonchev–Trinajstić information content (AvgIpc) is 2.54. The number of nitrogens with zero attached hydrogens (tertiary/aromatic N) is 2. The van der Waals surface area contributed by atoms with Gasteiger partial charge in [0, 0.05) is 24.6 Å². The fourth-order valence-corrected chi connectivity index (χ4v) is 2.04. The number of hydrogen-bond donors (Lipinski definition) is 0. The first-order valence-electron chi connectivity index (χ1n) is 6.94.